The van der Waals surface area contributed by atoms with Crippen molar-refractivity contribution in [2.75, 3.05) is 31.5 Å². The van der Waals surface area contributed by atoms with Crippen molar-refractivity contribution >= 4 is 31.6 Å². The van der Waals surface area contributed by atoms with Crippen LogP contribution in [0.4, 0.5) is 5.69 Å². The number of aromatic nitrogens is 2. The largest absolute Gasteiger partial charge is 0.486 e. The topological polar surface area (TPSA) is 151 Å². The third kappa shape index (κ3) is 6.40. The number of rotatable bonds is 9. The number of carbonyl (C=O) groups is 1. The number of aliphatic hydroxyl groups excluding tert-OH is 1. The van der Waals surface area contributed by atoms with Gasteiger partial charge >= 0.3 is 0 Å². The van der Waals surface area contributed by atoms with Crippen molar-refractivity contribution in [1.29, 1.82) is 0 Å². The average molecular weight is 606 g/mol. The van der Waals surface area contributed by atoms with Crippen LogP contribution >= 0.6 is 0 Å². The number of sulfonamides is 2. The summed E-state index contributed by atoms with van der Waals surface area (Å²) in [6.45, 7) is 5.10. The van der Waals surface area contributed by atoms with Gasteiger partial charge in [0.2, 0.25) is 0 Å². The normalized spacial score (nSPS) is 18.8. The number of ether oxygens (including phenoxy) is 1. The zero-order valence-corrected chi connectivity index (χ0v) is 25.2. The number of anilines is 1. The molecule has 1 aliphatic rings. The van der Waals surface area contributed by atoms with E-state index in [-0.39, 0.29) is 46.6 Å². The van der Waals surface area contributed by atoms with E-state index in [2.05, 4.69) is 9.71 Å². The number of para-hydroxylation sites is 1. The minimum absolute atomic E-state index is 0.0245. The van der Waals surface area contributed by atoms with Crippen molar-refractivity contribution < 1.29 is 31.5 Å². The predicted molar refractivity (Wildman–Crippen MR) is 153 cm³/mol. The fourth-order valence-electron chi connectivity index (χ4n) is 4.50. The maximum Gasteiger partial charge on any atom is 0.262 e. The van der Waals surface area contributed by atoms with Crippen LogP contribution in [0.25, 0.3) is 0 Å². The van der Waals surface area contributed by atoms with Gasteiger partial charge in [-0.3, -0.25) is 9.52 Å². The first-order chi connectivity index (χ1) is 19.2. The second kappa shape index (κ2) is 11.8. The molecule has 12 nitrogen and oxygen atoms in total. The summed E-state index contributed by atoms with van der Waals surface area (Å²) in [6.07, 6.45) is 1.98. The molecular weight excluding hydrogens is 570 g/mol. The molecular formula is C27H35N5O7S2. The van der Waals surface area contributed by atoms with E-state index in [9.17, 15) is 26.7 Å². The molecule has 2 heterocycles. The number of likely N-dealkylation sites (N-methyl/N-ethyl adjacent to an activating group) is 1. The Morgan fingerprint density at radius 3 is 2.46 bits per heavy atom. The maximum atomic E-state index is 13.7. The Hall–Kier alpha value is -3.46. The highest BCUT2D eigenvalue weighted by Crippen LogP contribution is 2.36. The number of nitrogens with one attached hydrogen (secondary N) is 1. The van der Waals surface area contributed by atoms with Crippen molar-refractivity contribution in [2.45, 2.75) is 42.8 Å². The van der Waals surface area contributed by atoms with Gasteiger partial charge in [0.15, 0.2) is 10.8 Å². The molecule has 0 radical (unpaired) electrons. The Balaban J connectivity index is 1.76. The number of imidazole rings is 1. The van der Waals surface area contributed by atoms with Crippen LogP contribution < -0.4 is 9.46 Å². The van der Waals surface area contributed by atoms with Crippen molar-refractivity contribution in [1.82, 2.24) is 18.8 Å². The smallest absolute Gasteiger partial charge is 0.262 e. The molecule has 1 aromatic heterocycles. The molecule has 0 bridgehead atoms. The fourth-order valence-corrected chi connectivity index (χ4v) is 6.70. The van der Waals surface area contributed by atoms with Gasteiger partial charge in [-0.2, -0.15) is 4.31 Å². The van der Waals surface area contributed by atoms with E-state index >= 15 is 0 Å². The number of fused-ring (bicyclic) bond motifs is 1. The lowest BCUT2D eigenvalue weighted by Crippen LogP contribution is -2.50. The quantitative estimate of drug-likeness (QED) is 0.376. The number of carbonyl (C=O) groups excluding carboxylic acids is 1. The van der Waals surface area contributed by atoms with Crippen LogP contribution in [0.1, 0.15) is 29.8 Å². The second-order valence-electron chi connectivity index (χ2n) is 10.4. The molecule has 2 aromatic carbocycles. The van der Waals surface area contributed by atoms with E-state index in [1.807, 2.05) is 6.92 Å². The Labute approximate surface area is 240 Å². The summed E-state index contributed by atoms with van der Waals surface area (Å²) in [4.78, 5) is 19.2. The van der Waals surface area contributed by atoms with Crippen molar-refractivity contribution in [3.63, 3.8) is 0 Å². The summed E-state index contributed by atoms with van der Waals surface area (Å²) in [5.74, 6) is -0.884. The molecule has 222 valence electrons. The predicted octanol–water partition coefficient (Wildman–Crippen LogP) is 2.07. The molecule has 1 aliphatic heterocycles. The molecule has 0 spiro atoms. The van der Waals surface area contributed by atoms with Gasteiger partial charge in [0, 0.05) is 32.8 Å². The van der Waals surface area contributed by atoms with Crippen molar-refractivity contribution in [3.8, 4) is 5.75 Å². The third-order valence-electron chi connectivity index (χ3n) is 7.06. The summed E-state index contributed by atoms with van der Waals surface area (Å²) in [6, 6.07) is 10.3. The number of aryl methyl sites for hydroxylation is 2. The third-order valence-corrected chi connectivity index (χ3v) is 10.2. The summed E-state index contributed by atoms with van der Waals surface area (Å²) in [7, 11) is -4.96. The van der Waals surface area contributed by atoms with Crippen LogP contribution in [0.15, 0.2) is 64.9 Å². The molecule has 2 N–H and O–H groups in total. The first-order valence-corrected chi connectivity index (χ1v) is 15.9. The van der Waals surface area contributed by atoms with Gasteiger partial charge in [0.25, 0.3) is 26.0 Å². The summed E-state index contributed by atoms with van der Waals surface area (Å²) < 4.78 is 64.6. The van der Waals surface area contributed by atoms with Gasteiger partial charge in [-0.05, 0) is 38.1 Å². The van der Waals surface area contributed by atoms with Crippen LogP contribution in [-0.4, -0.2) is 85.5 Å². The minimum atomic E-state index is -4.06. The minimum Gasteiger partial charge on any atom is -0.486 e. The molecule has 41 heavy (non-hydrogen) atoms. The number of amides is 1. The highest BCUT2D eigenvalue weighted by atomic mass is 32.2. The van der Waals surface area contributed by atoms with Crippen molar-refractivity contribution in [3.05, 3.63) is 66.1 Å². The fraction of sp³-hybridized carbons (Fsp3) is 0.407. The zero-order valence-electron chi connectivity index (χ0n) is 23.6. The molecule has 14 heteroatoms. The molecule has 0 saturated carbocycles. The standard InChI is InChI=1S/C27H35N5O7S2/c1-18-9-11-21(12-10-18)40(35,36)29-23-8-6-7-22-26(23)39-24(19(2)13-32(27(22)34)20(3)16-33)14-31(5)41(37,38)25-15-30(4)17-28-25/h6-12,15,17,19-20,24,29,33H,13-14,16H2,1-5H3/t19-,20-,24-/m1/s1. The van der Waals surface area contributed by atoms with E-state index in [4.69, 9.17) is 4.74 Å². The number of nitrogens with zero attached hydrogens (tertiary/aromatic N) is 4. The van der Waals surface area contributed by atoms with E-state index in [0.717, 1.165) is 9.87 Å². The molecule has 0 fully saturated rings. The molecule has 3 atom stereocenters. The second-order valence-corrected chi connectivity index (χ2v) is 14.1. The Morgan fingerprint density at radius 2 is 1.85 bits per heavy atom. The number of hydrogen-bond acceptors (Lipinski definition) is 8. The van der Waals surface area contributed by atoms with E-state index in [1.54, 1.807) is 33.0 Å². The first-order valence-electron chi connectivity index (χ1n) is 13.0. The van der Waals surface area contributed by atoms with Crippen LogP contribution in [0.3, 0.4) is 0 Å². The molecule has 0 saturated heterocycles. The van der Waals surface area contributed by atoms with Gasteiger partial charge in [0.1, 0.15) is 6.10 Å². The molecule has 0 unspecified atom stereocenters. The molecule has 0 aliphatic carbocycles. The van der Waals surface area contributed by atoms with Crippen LogP contribution in [0, 0.1) is 12.8 Å². The summed E-state index contributed by atoms with van der Waals surface area (Å²) >= 11 is 0. The monoisotopic (exact) mass is 605 g/mol. The highest BCUT2D eigenvalue weighted by Gasteiger charge is 2.37. The van der Waals surface area contributed by atoms with Gasteiger partial charge < -0.3 is 19.3 Å². The average Bonchev–Trinajstić information content (AvgIpc) is 3.37. The van der Waals surface area contributed by atoms with Gasteiger partial charge in [-0.1, -0.05) is 30.7 Å². The summed E-state index contributed by atoms with van der Waals surface area (Å²) in [5.41, 5.74) is 1.01. The number of aliphatic hydroxyl groups is 1. The van der Waals surface area contributed by atoms with E-state index < -0.39 is 44.0 Å². The van der Waals surface area contributed by atoms with Crippen molar-refractivity contribution in [2.24, 2.45) is 13.0 Å². The number of hydrogen-bond donors (Lipinski definition) is 2. The summed E-state index contributed by atoms with van der Waals surface area (Å²) in [5, 5.41) is 9.76. The van der Waals surface area contributed by atoms with Crippen LogP contribution in [0.5, 0.6) is 5.75 Å². The highest BCUT2D eigenvalue weighted by molar-refractivity contribution is 7.92. The number of benzene rings is 2. The van der Waals surface area contributed by atoms with Gasteiger partial charge in [-0.25, -0.2) is 21.8 Å². The lowest BCUT2D eigenvalue weighted by atomic mass is 9.99. The lowest BCUT2D eigenvalue weighted by molar-refractivity contribution is 0.0389. The Morgan fingerprint density at radius 1 is 1.17 bits per heavy atom. The van der Waals surface area contributed by atoms with E-state index in [0.29, 0.717) is 0 Å². The SMILES string of the molecule is Cc1ccc(S(=O)(=O)Nc2cccc3c2O[C@H](CN(C)S(=O)(=O)c2cn(C)cn2)[C@H](C)CN([C@H](C)CO)C3=O)cc1. The molecule has 4 rings (SSSR count). The Bertz CT molecular complexity index is 1620. The van der Waals surface area contributed by atoms with Crippen LogP contribution in [0.2, 0.25) is 0 Å². The van der Waals surface area contributed by atoms with E-state index in [1.165, 1.54) is 59.4 Å². The molecule has 3 aromatic rings. The van der Waals surface area contributed by atoms with Gasteiger partial charge in [-0.15, -0.1) is 0 Å². The first kappa shape index (κ1) is 30.5. The Kier molecular flexibility index (Phi) is 8.78. The van der Waals surface area contributed by atoms with Crippen LogP contribution in [-0.2, 0) is 27.1 Å². The maximum absolute atomic E-state index is 13.7. The molecule has 1 amide bonds. The zero-order chi connectivity index (χ0) is 30.1. The van der Waals surface area contributed by atoms with Gasteiger partial charge in [0.05, 0.1) is 41.7 Å². The lowest BCUT2D eigenvalue weighted by Gasteiger charge is -2.38.